The number of carbonyl (C=O) groups is 1. The van der Waals surface area contributed by atoms with Crippen LogP contribution in [-0.2, 0) is 11.3 Å². The van der Waals surface area contributed by atoms with Gasteiger partial charge in [0.1, 0.15) is 24.5 Å². The number of anilines is 1. The van der Waals surface area contributed by atoms with E-state index in [1.807, 2.05) is 0 Å². The van der Waals surface area contributed by atoms with Crippen molar-refractivity contribution < 1.29 is 14.3 Å². The van der Waals surface area contributed by atoms with E-state index >= 15 is 0 Å². The maximum Gasteiger partial charge on any atom is 0.336 e. The minimum Gasteiger partial charge on any atom is -0.486 e. The van der Waals surface area contributed by atoms with E-state index in [9.17, 15) is 14.4 Å². The van der Waals surface area contributed by atoms with E-state index in [2.05, 4.69) is 5.32 Å². The van der Waals surface area contributed by atoms with E-state index in [0.29, 0.717) is 51.3 Å². The smallest absolute Gasteiger partial charge is 0.336 e. The van der Waals surface area contributed by atoms with Crippen LogP contribution in [0, 0.1) is 0 Å². The highest BCUT2D eigenvalue weighted by molar-refractivity contribution is 7.17. The number of carbonyl (C=O) groups excluding carboxylic acids is 1. The van der Waals surface area contributed by atoms with Gasteiger partial charge in [-0.1, -0.05) is 11.6 Å². The van der Waals surface area contributed by atoms with Gasteiger partial charge in [-0.15, -0.1) is 11.3 Å². The van der Waals surface area contributed by atoms with Crippen LogP contribution in [0.3, 0.4) is 0 Å². The summed E-state index contributed by atoms with van der Waals surface area (Å²) in [6.07, 6.45) is 0. The highest BCUT2D eigenvalue weighted by Crippen LogP contribution is 2.32. The zero-order valence-electron chi connectivity index (χ0n) is 16.5. The molecule has 0 fully saturated rings. The molecule has 1 aliphatic heterocycles. The predicted octanol–water partition coefficient (Wildman–Crippen LogP) is 3.28. The Kier molecular flexibility index (Phi) is 5.20. The van der Waals surface area contributed by atoms with Gasteiger partial charge in [0.2, 0.25) is 5.91 Å². The zero-order chi connectivity index (χ0) is 22.2. The fourth-order valence-corrected chi connectivity index (χ4v) is 4.47. The van der Waals surface area contributed by atoms with Gasteiger partial charge in [-0.05, 0) is 47.8 Å². The molecule has 0 aliphatic carbocycles. The molecular formula is C22H16ClN3O5S. The Morgan fingerprint density at radius 1 is 1.03 bits per heavy atom. The van der Waals surface area contributed by atoms with Gasteiger partial charge in [-0.25, -0.2) is 9.36 Å². The second-order valence-electron chi connectivity index (χ2n) is 7.03. The predicted molar refractivity (Wildman–Crippen MR) is 123 cm³/mol. The molecule has 0 bridgehead atoms. The number of halogens is 1. The van der Waals surface area contributed by atoms with Crippen molar-refractivity contribution in [3.63, 3.8) is 0 Å². The van der Waals surface area contributed by atoms with Crippen molar-refractivity contribution >= 4 is 44.7 Å². The Morgan fingerprint density at radius 2 is 1.78 bits per heavy atom. The van der Waals surface area contributed by atoms with Crippen molar-refractivity contribution in [1.29, 1.82) is 0 Å². The first-order valence-corrected chi connectivity index (χ1v) is 11.0. The van der Waals surface area contributed by atoms with Crippen molar-refractivity contribution in [1.82, 2.24) is 9.13 Å². The summed E-state index contributed by atoms with van der Waals surface area (Å²) in [6.45, 7) is 0.637. The molecular weight excluding hydrogens is 454 g/mol. The van der Waals surface area contributed by atoms with Crippen LogP contribution in [0.15, 0.2) is 63.5 Å². The first-order valence-electron chi connectivity index (χ1n) is 9.70. The molecule has 162 valence electrons. The summed E-state index contributed by atoms with van der Waals surface area (Å²) in [5, 5.41) is 4.97. The molecule has 8 nitrogen and oxygen atoms in total. The second-order valence-corrected chi connectivity index (χ2v) is 8.38. The van der Waals surface area contributed by atoms with Gasteiger partial charge in [-0.2, -0.15) is 0 Å². The molecule has 3 heterocycles. The average molecular weight is 470 g/mol. The molecule has 1 amide bonds. The molecule has 2 aromatic heterocycles. The molecule has 0 atom stereocenters. The number of ether oxygens (including phenoxy) is 2. The zero-order valence-corrected chi connectivity index (χ0v) is 18.1. The number of fused-ring (bicyclic) bond motifs is 2. The number of hydrogen-bond donors (Lipinski definition) is 1. The molecule has 0 spiro atoms. The number of thiophene rings is 1. The first-order chi connectivity index (χ1) is 15.5. The lowest BCUT2D eigenvalue weighted by atomic mass is 10.2. The Hall–Kier alpha value is -3.56. The maximum absolute atomic E-state index is 13.2. The van der Waals surface area contributed by atoms with Crippen LogP contribution in [-0.4, -0.2) is 28.3 Å². The molecule has 2 aromatic carbocycles. The molecule has 0 saturated carbocycles. The molecule has 1 aliphatic rings. The molecule has 0 radical (unpaired) electrons. The quantitative estimate of drug-likeness (QED) is 0.495. The second kappa shape index (κ2) is 8.18. The fourth-order valence-electron chi connectivity index (χ4n) is 3.52. The van der Waals surface area contributed by atoms with Crippen LogP contribution in [0.25, 0.3) is 15.9 Å². The van der Waals surface area contributed by atoms with Crippen molar-refractivity contribution in [3.8, 4) is 17.2 Å². The number of nitrogens with one attached hydrogen (secondary N) is 1. The monoisotopic (exact) mass is 469 g/mol. The highest BCUT2D eigenvalue weighted by Gasteiger charge is 2.18. The van der Waals surface area contributed by atoms with Gasteiger partial charge in [-0.3, -0.25) is 14.2 Å². The summed E-state index contributed by atoms with van der Waals surface area (Å²) < 4.78 is 13.7. The lowest BCUT2D eigenvalue weighted by Crippen LogP contribution is -2.40. The Bertz CT molecular complexity index is 1460. The standard InChI is InChI=1S/C22H16ClN3O5S/c23-13-1-4-15(5-2-13)26-21(28)20-16(7-10-32-20)25(22(26)29)12-19(27)24-14-3-6-17-18(11-14)31-9-8-30-17/h1-7,10-11H,8-9,12H2,(H,24,27). The highest BCUT2D eigenvalue weighted by atomic mass is 35.5. The first kappa shape index (κ1) is 20.3. The molecule has 5 rings (SSSR count). The third-order valence-corrected chi connectivity index (χ3v) is 6.11. The van der Waals surface area contributed by atoms with Crippen molar-refractivity contribution in [3.05, 3.63) is 79.8 Å². The van der Waals surface area contributed by atoms with Gasteiger partial charge >= 0.3 is 5.69 Å². The lowest BCUT2D eigenvalue weighted by Gasteiger charge is -2.19. The van der Waals surface area contributed by atoms with Crippen LogP contribution >= 0.6 is 22.9 Å². The third kappa shape index (κ3) is 3.65. The van der Waals surface area contributed by atoms with Crippen molar-refractivity contribution in [2.45, 2.75) is 6.54 Å². The van der Waals surface area contributed by atoms with E-state index in [4.69, 9.17) is 21.1 Å². The number of hydrogen-bond acceptors (Lipinski definition) is 6. The van der Waals surface area contributed by atoms with Gasteiger partial charge in [0.05, 0.1) is 11.2 Å². The maximum atomic E-state index is 13.2. The minimum atomic E-state index is -0.611. The summed E-state index contributed by atoms with van der Waals surface area (Å²) in [6, 6.07) is 13.1. The summed E-state index contributed by atoms with van der Waals surface area (Å²) in [5.74, 6) is 0.737. The van der Waals surface area contributed by atoms with Gasteiger partial charge in [0.15, 0.2) is 11.5 Å². The summed E-state index contributed by atoms with van der Waals surface area (Å²) >= 11 is 7.15. The number of nitrogens with zero attached hydrogens (tertiary/aromatic N) is 2. The van der Waals surface area contributed by atoms with Gasteiger partial charge in [0, 0.05) is 16.8 Å². The number of aromatic nitrogens is 2. The van der Waals surface area contributed by atoms with Crippen molar-refractivity contribution in [2.75, 3.05) is 18.5 Å². The van der Waals surface area contributed by atoms with Gasteiger partial charge < -0.3 is 14.8 Å². The topological polar surface area (TPSA) is 91.6 Å². The average Bonchev–Trinajstić information content (AvgIpc) is 3.28. The normalized spacial score (nSPS) is 12.7. The Morgan fingerprint density at radius 3 is 2.56 bits per heavy atom. The van der Waals surface area contributed by atoms with E-state index in [0.717, 1.165) is 4.57 Å². The largest absolute Gasteiger partial charge is 0.486 e. The van der Waals surface area contributed by atoms with Crippen LogP contribution in [0.5, 0.6) is 11.5 Å². The molecule has 0 saturated heterocycles. The Labute approximate surface area is 190 Å². The summed E-state index contributed by atoms with van der Waals surface area (Å²) in [7, 11) is 0. The lowest BCUT2D eigenvalue weighted by molar-refractivity contribution is -0.116. The van der Waals surface area contributed by atoms with Gasteiger partial charge in [0.25, 0.3) is 5.56 Å². The molecule has 10 heteroatoms. The molecule has 1 N–H and O–H groups in total. The van der Waals surface area contributed by atoms with Crippen LogP contribution in [0.4, 0.5) is 5.69 Å². The van der Waals surface area contributed by atoms with E-state index in [1.54, 1.807) is 53.9 Å². The molecule has 4 aromatic rings. The third-order valence-electron chi connectivity index (χ3n) is 4.97. The van der Waals surface area contributed by atoms with Crippen LogP contribution in [0.2, 0.25) is 5.02 Å². The fraction of sp³-hybridized carbons (Fsp3) is 0.136. The van der Waals surface area contributed by atoms with Crippen molar-refractivity contribution in [2.24, 2.45) is 0 Å². The van der Waals surface area contributed by atoms with E-state index in [-0.39, 0.29) is 6.54 Å². The number of rotatable bonds is 4. The molecule has 32 heavy (non-hydrogen) atoms. The van der Waals surface area contributed by atoms with Crippen LogP contribution in [0.1, 0.15) is 0 Å². The minimum absolute atomic E-state index is 0.269. The number of benzene rings is 2. The SMILES string of the molecule is O=C(Cn1c(=O)n(-c2ccc(Cl)cc2)c(=O)c2sccc21)Nc1ccc2c(c1)OCCO2. The van der Waals surface area contributed by atoms with Crippen LogP contribution < -0.4 is 26.0 Å². The summed E-state index contributed by atoms with van der Waals surface area (Å²) in [4.78, 5) is 39.0. The molecule has 0 unspecified atom stereocenters. The van der Waals surface area contributed by atoms with E-state index in [1.165, 1.54) is 15.9 Å². The van der Waals surface area contributed by atoms with E-state index < -0.39 is 17.2 Å². The number of amides is 1. The Balaban J connectivity index is 1.51. The summed E-state index contributed by atoms with van der Waals surface area (Å²) in [5.41, 5.74) is 0.250.